The van der Waals surface area contributed by atoms with Crippen LogP contribution >= 0.6 is 23.2 Å². The van der Waals surface area contributed by atoms with Crippen molar-refractivity contribution in [3.63, 3.8) is 0 Å². The lowest BCUT2D eigenvalue weighted by atomic mass is 9.98. The topological polar surface area (TPSA) is 123 Å². The van der Waals surface area contributed by atoms with Crippen molar-refractivity contribution < 1.29 is 23.8 Å². The lowest BCUT2D eigenvalue weighted by molar-refractivity contribution is -0.119. The van der Waals surface area contributed by atoms with Gasteiger partial charge in [0.25, 0.3) is 0 Å². The van der Waals surface area contributed by atoms with E-state index in [0.29, 0.717) is 87.1 Å². The molecule has 0 spiro atoms. The Morgan fingerprint density at radius 2 is 1.50 bits per heavy atom. The van der Waals surface area contributed by atoms with E-state index >= 15 is 0 Å². The van der Waals surface area contributed by atoms with Crippen LogP contribution in [0.5, 0.6) is 11.8 Å². The van der Waals surface area contributed by atoms with E-state index in [0.717, 1.165) is 25.0 Å². The predicted octanol–water partition coefficient (Wildman–Crippen LogP) is 6.10. The summed E-state index contributed by atoms with van der Waals surface area (Å²) in [6.07, 6.45) is 5.47. The van der Waals surface area contributed by atoms with Crippen LogP contribution in [0.25, 0.3) is 33.6 Å². The zero-order valence-corrected chi connectivity index (χ0v) is 28.3. The summed E-state index contributed by atoms with van der Waals surface area (Å²) in [5.74, 6) is 0.842. The number of piperidine rings is 1. The van der Waals surface area contributed by atoms with Gasteiger partial charge in [0.05, 0.1) is 54.2 Å². The number of ether oxygens (including phenoxy) is 2. The second kappa shape index (κ2) is 15.1. The van der Waals surface area contributed by atoms with Crippen LogP contribution in [0.2, 0.25) is 10.0 Å². The van der Waals surface area contributed by atoms with Crippen molar-refractivity contribution >= 4 is 29.1 Å². The molecule has 0 unspecified atom stereocenters. The number of aryl methyl sites for hydroxylation is 1. The summed E-state index contributed by atoms with van der Waals surface area (Å²) >= 11 is 14.1. The van der Waals surface area contributed by atoms with E-state index in [-0.39, 0.29) is 24.9 Å². The van der Waals surface area contributed by atoms with E-state index in [1.54, 1.807) is 24.4 Å². The molecular weight excluding hydrogens is 658 g/mol. The number of β-amino-alcohol motifs (C(OH)–C–C–N with tert-alkyl or cyclic N) is 1. The van der Waals surface area contributed by atoms with Gasteiger partial charge in [0, 0.05) is 60.8 Å². The maximum absolute atomic E-state index is 14.1. The third-order valence-electron chi connectivity index (χ3n) is 8.73. The number of carbonyl (C=O) groups is 1. The molecule has 48 heavy (non-hydrogen) atoms. The number of halogens is 3. The maximum Gasteiger partial charge on any atom is 0.237 e. The number of benzene rings is 2. The van der Waals surface area contributed by atoms with E-state index in [1.165, 1.54) is 7.11 Å². The molecule has 1 amide bonds. The van der Waals surface area contributed by atoms with Gasteiger partial charge in [0.1, 0.15) is 17.6 Å². The van der Waals surface area contributed by atoms with Crippen molar-refractivity contribution in [3.8, 4) is 45.4 Å². The van der Waals surface area contributed by atoms with Crippen molar-refractivity contribution in [2.75, 3.05) is 27.3 Å². The minimum Gasteiger partial charge on any atom is -0.480 e. The fourth-order valence-electron chi connectivity index (χ4n) is 6.38. The largest absolute Gasteiger partial charge is 0.480 e. The minimum atomic E-state index is -1.10. The van der Waals surface area contributed by atoms with Gasteiger partial charge in [-0.25, -0.2) is 14.4 Å². The molecule has 2 fully saturated rings. The van der Waals surface area contributed by atoms with Crippen molar-refractivity contribution in [2.45, 2.75) is 63.4 Å². The Hall–Kier alpha value is -3.90. The van der Waals surface area contributed by atoms with Gasteiger partial charge in [-0.2, -0.15) is 0 Å². The molecule has 13 heteroatoms. The van der Waals surface area contributed by atoms with Gasteiger partial charge in [0.15, 0.2) is 0 Å². The molecule has 0 bridgehead atoms. The summed E-state index contributed by atoms with van der Waals surface area (Å²) < 4.78 is 25.2. The number of nitrogens with one attached hydrogen (secondary N) is 1. The lowest BCUT2D eigenvalue weighted by Crippen LogP contribution is -2.43. The SMILES string of the molecule is COc1nc(-c2cccc(-c3cccc(-c4cnc(CN5C[C@@H](O)C[C@@H](F)C5)c(OC)n4)c3Cl)c2Cl)cnc1CCC[C@@H]1CCC(=O)N1. The van der Waals surface area contributed by atoms with E-state index < -0.39 is 12.3 Å². The smallest absolute Gasteiger partial charge is 0.237 e. The molecule has 0 radical (unpaired) electrons. The highest BCUT2D eigenvalue weighted by molar-refractivity contribution is 6.39. The molecule has 2 aliphatic heterocycles. The number of carbonyl (C=O) groups excluding carboxylic acids is 1. The predicted molar refractivity (Wildman–Crippen MR) is 182 cm³/mol. The highest BCUT2D eigenvalue weighted by Crippen LogP contribution is 2.42. The first-order valence-corrected chi connectivity index (χ1v) is 16.7. The number of methoxy groups -OCH3 is 2. The second-order valence-electron chi connectivity index (χ2n) is 12.1. The Morgan fingerprint density at radius 3 is 2.06 bits per heavy atom. The van der Waals surface area contributed by atoms with Crippen LogP contribution in [0.1, 0.15) is 43.5 Å². The van der Waals surface area contributed by atoms with E-state index in [9.17, 15) is 14.3 Å². The van der Waals surface area contributed by atoms with Crippen LogP contribution in [0, 0.1) is 0 Å². The normalized spacial score (nSPS) is 19.7. The highest BCUT2D eigenvalue weighted by Gasteiger charge is 2.27. The number of amides is 1. The average molecular weight is 696 g/mol. The van der Waals surface area contributed by atoms with Crippen LogP contribution in [0.4, 0.5) is 4.39 Å². The fraction of sp³-hybridized carbons (Fsp3) is 0.400. The number of rotatable bonds is 11. The Bertz CT molecular complexity index is 1790. The first-order chi connectivity index (χ1) is 23.2. The van der Waals surface area contributed by atoms with Gasteiger partial charge in [-0.3, -0.25) is 19.7 Å². The number of aliphatic hydroxyl groups is 1. The summed E-state index contributed by atoms with van der Waals surface area (Å²) in [5, 5.41) is 13.9. The van der Waals surface area contributed by atoms with Crippen LogP contribution in [0.15, 0.2) is 48.8 Å². The first kappa shape index (κ1) is 34.0. The standard InChI is InChI=1S/C35H37Cl2FN6O4/c1-47-34-27(11-3-6-21-12-13-31(46)41-21)39-15-28(42-34)25-9-4-7-23(32(25)36)24-8-5-10-26(33(24)37)29-16-40-30(35(43-29)48-2)19-44-17-20(38)14-22(45)18-44/h4-5,7-10,15-16,20-22,45H,3,6,11-14,17-19H2,1-2H3,(H,41,46)/t20-,21-,22+/m1/s1. The van der Waals surface area contributed by atoms with Gasteiger partial charge in [0.2, 0.25) is 17.7 Å². The molecule has 2 aromatic heterocycles. The van der Waals surface area contributed by atoms with Crippen LogP contribution in [0.3, 0.4) is 0 Å². The van der Waals surface area contributed by atoms with Crippen molar-refractivity contribution in [1.82, 2.24) is 30.2 Å². The molecule has 2 aromatic carbocycles. The number of hydrogen-bond acceptors (Lipinski definition) is 9. The Morgan fingerprint density at radius 1 is 0.917 bits per heavy atom. The van der Waals surface area contributed by atoms with Crippen LogP contribution in [-0.4, -0.2) is 81.5 Å². The van der Waals surface area contributed by atoms with E-state index in [2.05, 4.69) is 20.3 Å². The molecule has 2 aliphatic rings. The molecule has 2 N–H and O–H groups in total. The summed E-state index contributed by atoms with van der Waals surface area (Å²) in [7, 11) is 3.07. The zero-order valence-electron chi connectivity index (χ0n) is 26.8. The molecular formula is C35H37Cl2FN6O4. The summed E-state index contributed by atoms with van der Waals surface area (Å²) in [4.78, 5) is 32.0. The fourth-order valence-corrected chi connectivity index (χ4v) is 7.03. The molecule has 0 saturated carbocycles. The summed E-state index contributed by atoms with van der Waals surface area (Å²) in [6.45, 7) is 0.854. The van der Waals surface area contributed by atoms with E-state index in [1.807, 2.05) is 36.4 Å². The quantitative estimate of drug-likeness (QED) is 0.192. The molecule has 4 aromatic rings. The molecule has 2 saturated heterocycles. The maximum atomic E-state index is 14.1. The van der Waals surface area contributed by atoms with Gasteiger partial charge in [-0.15, -0.1) is 0 Å². The lowest BCUT2D eigenvalue weighted by Gasteiger charge is -2.32. The second-order valence-corrected chi connectivity index (χ2v) is 12.9. The van der Waals surface area contributed by atoms with Crippen molar-refractivity contribution in [1.29, 1.82) is 0 Å². The zero-order chi connectivity index (χ0) is 33.8. The highest BCUT2D eigenvalue weighted by atomic mass is 35.5. The summed E-state index contributed by atoms with van der Waals surface area (Å²) in [5.41, 5.74) is 5.04. The molecule has 3 atom stereocenters. The van der Waals surface area contributed by atoms with Crippen molar-refractivity contribution in [3.05, 3.63) is 70.2 Å². The number of aromatic nitrogens is 4. The van der Waals surface area contributed by atoms with Gasteiger partial charge in [-0.05, 0) is 25.7 Å². The van der Waals surface area contributed by atoms with Crippen LogP contribution < -0.4 is 14.8 Å². The number of alkyl halides is 1. The number of aliphatic hydroxyl groups excluding tert-OH is 1. The van der Waals surface area contributed by atoms with Gasteiger partial charge < -0.3 is 19.9 Å². The molecule has 252 valence electrons. The van der Waals surface area contributed by atoms with Gasteiger partial charge in [-0.1, -0.05) is 59.6 Å². The molecule has 4 heterocycles. The number of hydrogen-bond donors (Lipinski definition) is 2. The third-order valence-corrected chi connectivity index (χ3v) is 9.54. The van der Waals surface area contributed by atoms with E-state index in [4.69, 9.17) is 37.7 Å². The number of nitrogens with zero attached hydrogens (tertiary/aromatic N) is 5. The molecule has 10 nitrogen and oxygen atoms in total. The van der Waals surface area contributed by atoms with Crippen LogP contribution in [-0.2, 0) is 17.8 Å². The summed E-state index contributed by atoms with van der Waals surface area (Å²) in [6, 6.07) is 11.4. The molecule has 0 aliphatic carbocycles. The Balaban J connectivity index is 1.24. The monoisotopic (exact) mass is 694 g/mol. The first-order valence-electron chi connectivity index (χ1n) is 16.0. The Labute approximate surface area is 288 Å². The Kier molecular flexibility index (Phi) is 10.7. The third kappa shape index (κ3) is 7.54. The van der Waals surface area contributed by atoms with Gasteiger partial charge >= 0.3 is 0 Å². The number of likely N-dealkylation sites (tertiary alicyclic amines) is 1. The average Bonchev–Trinajstić information content (AvgIpc) is 3.49. The van der Waals surface area contributed by atoms with Crippen molar-refractivity contribution in [2.24, 2.45) is 0 Å². The minimum absolute atomic E-state index is 0.113. The molecule has 6 rings (SSSR count).